The molecule has 100 valence electrons. The molecule has 0 saturated heterocycles. The van der Waals surface area contributed by atoms with Crippen LogP contribution in [0.25, 0.3) is 0 Å². The highest BCUT2D eigenvalue weighted by atomic mass is 32.1. The van der Waals surface area contributed by atoms with Gasteiger partial charge in [0.25, 0.3) is 0 Å². The molecule has 4 rings (SSSR count). The Morgan fingerprint density at radius 1 is 1.26 bits per heavy atom. The highest BCUT2D eigenvalue weighted by molar-refractivity contribution is 7.08. The van der Waals surface area contributed by atoms with Gasteiger partial charge in [0.2, 0.25) is 0 Å². The summed E-state index contributed by atoms with van der Waals surface area (Å²) in [7, 11) is 0. The van der Waals surface area contributed by atoms with E-state index < -0.39 is 0 Å². The minimum absolute atomic E-state index is 0.0178. The second-order valence-corrected chi connectivity index (χ2v) is 6.54. The van der Waals surface area contributed by atoms with Crippen LogP contribution in [0, 0.1) is 6.92 Å². The van der Waals surface area contributed by atoms with E-state index in [1.807, 2.05) is 6.92 Å². The first-order valence-corrected chi connectivity index (χ1v) is 7.52. The summed E-state index contributed by atoms with van der Waals surface area (Å²) in [6.07, 6.45) is 4.85. The van der Waals surface area contributed by atoms with Gasteiger partial charge in [-0.05, 0) is 32.6 Å². The molecule has 6 nitrogen and oxygen atoms in total. The second-order valence-electron chi connectivity index (χ2n) is 5.39. The Hall–Kier alpha value is -1.50. The van der Waals surface area contributed by atoms with E-state index >= 15 is 0 Å². The van der Waals surface area contributed by atoms with Crippen LogP contribution >= 0.6 is 11.3 Å². The molecular formula is C12H15N5OS. The van der Waals surface area contributed by atoms with Gasteiger partial charge in [0.15, 0.2) is 5.82 Å². The van der Waals surface area contributed by atoms with Crippen molar-refractivity contribution in [1.82, 2.24) is 24.5 Å². The molecule has 0 bridgehead atoms. The summed E-state index contributed by atoms with van der Waals surface area (Å²) in [6.45, 7) is 2.29. The summed E-state index contributed by atoms with van der Waals surface area (Å²) in [5.41, 5.74) is 0. The average Bonchev–Trinajstić information content (AvgIpc) is 3.28. The van der Waals surface area contributed by atoms with Crippen LogP contribution in [0.15, 0.2) is 4.79 Å². The Morgan fingerprint density at radius 3 is 2.63 bits per heavy atom. The van der Waals surface area contributed by atoms with Gasteiger partial charge in [0.05, 0.1) is 0 Å². The van der Waals surface area contributed by atoms with Gasteiger partial charge in [-0.3, -0.25) is 4.79 Å². The lowest BCUT2D eigenvalue weighted by Gasteiger charge is -2.07. The molecule has 2 aliphatic rings. The fraction of sp³-hybridized carbons (Fsp3) is 0.667. The third-order valence-corrected chi connectivity index (χ3v) is 4.41. The Labute approximate surface area is 114 Å². The Balaban J connectivity index is 1.71. The van der Waals surface area contributed by atoms with Crippen LogP contribution in [0.3, 0.4) is 0 Å². The van der Waals surface area contributed by atoms with Crippen LogP contribution in [0.4, 0.5) is 0 Å². The molecule has 0 atom stereocenters. The quantitative estimate of drug-likeness (QED) is 0.848. The van der Waals surface area contributed by atoms with Crippen molar-refractivity contribution in [3.05, 3.63) is 26.3 Å². The Kier molecular flexibility index (Phi) is 2.38. The van der Waals surface area contributed by atoms with E-state index in [0.29, 0.717) is 18.5 Å². The molecular weight excluding hydrogens is 262 g/mol. The van der Waals surface area contributed by atoms with Crippen molar-refractivity contribution in [3.8, 4) is 0 Å². The van der Waals surface area contributed by atoms with Crippen molar-refractivity contribution in [1.29, 1.82) is 0 Å². The van der Waals surface area contributed by atoms with Gasteiger partial charge in [0.1, 0.15) is 17.4 Å². The van der Waals surface area contributed by atoms with E-state index in [2.05, 4.69) is 19.9 Å². The maximum atomic E-state index is 11.8. The Morgan fingerprint density at radius 2 is 2.05 bits per heavy atom. The maximum Gasteiger partial charge on any atom is 0.325 e. The molecule has 0 amide bonds. The van der Waals surface area contributed by atoms with Crippen LogP contribution in [0.5, 0.6) is 0 Å². The van der Waals surface area contributed by atoms with Crippen molar-refractivity contribution < 1.29 is 0 Å². The number of rotatable bonds is 4. The van der Waals surface area contributed by atoms with Gasteiger partial charge >= 0.3 is 4.87 Å². The Bertz CT molecular complexity index is 677. The number of aromatic nitrogens is 5. The summed E-state index contributed by atoms with van der Waals surface area (Å²) in [5.74, 6) is 2.60. The maximum absolute atomic E-state index is 11.8. The zero-order chi connectivity index (χ0) is 13.0. The molecule has 0 aliphatic heterocycles. The second kappa shape index (κ2) is 4.00. The summed E-state index contributed by atoms with van der Waals surface area (Å²) >= 11 is 1.18. The van der Waals surface area contributed by atoms with Gasteiger partial charge in [-0.25, -0.2) is 4.68 Å². The van der Waals surface area contributed by atoms with Gasteiger partial charge < -0.3 is 4.57 Å². The molecule has 19 heavy (non-hydrogen) atoms. The molecule has 2 saturated carbocycles. The smallest absolute Gasteiger partial charge is 0.310 e. The van der Waals surface area contributed by atoms with Gasteiger partial charge in [-0.1, -0.05) is 11.3 Å². The predicted octanol–water partition coefficient (Wildman–Crippen LogP) is 1.47. The van der Waals surface area contributed by atoms with E-state index in [4.69, 9.17) is 0 Å². The van der Waals surface area contributed by atoms with E-state index in [1.54, 1.807) is 0 Å². The van der Waals surface area contributed by atoms with Gasteiger partial charge in [0, 0.05) is 12.0 Å². The van der Waals surface area contributed by atoms with Crippen LogP contribution in [0.1, 0.15) is 54.3 Å². The summed E-state index contributed by atoms with van der Waals surface area (Å²) < 4.78 is 3.76. The molecule has 7 heteroatoms. The molecule has 0 radical (unpaired) electrons. The number of hydrogen-bond donors (Lipinski definition) is 0. The zero-order valence-electron chi connectivity index (χ0n) is 10.7. The third kappa shape index (κ3) is 2.01. The minimum atomic E-state index is -0.0178. The van der Waals surface area contributed by atoms with Gasteiger partial charge in [-0.2, -0.15) is 5.10 Å². The molecule has 2 aromatic heterocycles. The molecule has 2 fully saturated rings. The largest absolute Gasteiger partial charge is 0.325 e. The number of hydrogen-bond acceptors (Lipinski definition) is 5. The molecule has 0 unspecified atom stereocenters. The van der Waals surface area contributed by atoms with E-state index in [9.17, 15) is 4.79 Å². The number of aryl methyl sites for hydroxylation is 1. The molecule has 0 spiro atoms. The van der Waals surface area contributed by atoms with E-state index in [0.717, 1.165) is 16.7 Å². The van der Waals surface area contributed by atoms with Crippen LogP contribution in [-0.4, -0.2) is 24.5 Å². The normalized spacial score (nSPS) is 19.0. The van der Waals surface area contributed by atoms with Crippen LogP contribution in [-0.2, 0) is 6.54 Å². The fourth-order valence-corrected chi connectivity index (χ4v) is 3.04. The highest BCUT2D eigenvalue weighted by Crippen LogP contribution is 2.44. The lowest BCUT2D eigenvalue weighted by atomic mass is 10.4. The van der Waals surface area contributed by atoms with Crippen molar-refractivity contribution in [3.63, 3.8) is 0 Å². The SMILES string of the molecule is Cc1nn(Cc2nnc(C3CC3)n2C2CC2)c(=O)s1. The lowest BCUT2D eigenvalue weighted by molar-refractivity contribution is 0.575. The predicted molar refractivity (Wildman–Crippen MR) is 70.5 cm³/mol. The summed E-state index contributed by atoms with van der Waals surface area (Å²) in [6, 6.07) is 0.552. The van der Waals surface area contributed by atoms with Crippen molar-refractivity contribution in [2.45, 2.75) is 51.1 Å². The van der Waals surface area contributed by atoms with Crippen LogP contribution < -0.4 is 4.87 Å². The third-order valence-electron chi connectivity index (χ3n) is 3.65. The van der Waals surface area contributed by atoms with E-state index in [-0.39, 0.29) is 4.87 Å². The van der Waals surface area contributed by atoms with Crippen LogP contribution in [0.2, 0.25) is 0 Å². The highest BCUT2D eigenvalue weighted by Gasteiger charge is 2.36. The summed E-state index contributed by atoms with van der Waals surface area (Å²) in [4.78, 5) is 11.7. The first-order chi connectivity index (χ1) is 9.22. The molecule has 2 aliphatic carbocycles. The monoisotopic (exact) mass is 277 g/mol. The topological polar surface area (TPSA) is 65.6 Å². The minimum Gasteiger partial charge on any atom is -0.310 e. The standard InChI is InChI=1S/C12H15N5OS/c1-7-15-16(12(18)19-7)6-10-13-14-11(8-2-3-8)17(10)9-4-5-9/h8-9H,2-6H2,1H3. The van der Waals surface area contributed by atoms with Crippen molar-refractivity contribution in [2.24, 2.45) is 0 Å². The van der Waals surface area contributed by atoms with Gasteiger partial charge in [-0.15, -0.1) is 10.2 Å². The van der Waals surface area contributed by atoms with E-state index in [1.165, 1.54) is 41.7 Å². The zero-order valence-corrected chi connectivity index (χ0v) is 11.6. The average molecular weight is 277 g/mol. The molecule has 0 aromatic carbocycles. The summed E-state index contributed by atoms with van der Waals surface area (Å²) in [5, 5.41) is 13.7. The first-order valence-electron chi connectivity index (χ1n) is 6.70. The lowest BCUT2D eigenvalue weighted by Crippen LogP contribution is -2.19. The van der Waals surface area contributed by atoms with Crippen molar-refractivity contribution in [2.75, 3.05) is 0 Å². The molecule has 0 N–H and O–H groups in total. The molecule has 2 heterocycles. The number of nitrogens with zero attached hydrogens (tertiary/aromatic N) is 5. The molecule has 2 aromatic rings. The first kappa shape index (κ1) is 11.3. The van der Waals surface area contributed by atoms with Crippen molar-refractivity contribution >= 4 is 11.3 Å². The fourth-order valence-electron chi connectivity index (χ4n) is 2.44.